The molecule has 0 aromatic heterocycles. The van der Waals surface area contributed by atoms with Crippen LogP contribution in [0.1, 0.15) is 0 Å². The number of terminal acetylenes is 1. The van der Waals surface area contributed by atoms with Gasteiger partial charge in [-0.2, -0.15) is 0 Å². The quantitative estimate of drug-likeness (QED) is 0.500. The zero-order valence-electron chi connectivity index (χ0n) is 6.67. The number of hydrogen-bond donors (Lipinski definition) is 2. The minimum absolute atomic E-state index is 0.625. The largest absolute Gasteiger partial charge is 0.353 e. The van der Waals surface area contributed by atoms with Crippen molar-refractivity contribution in [2.45, 2.75) is 0 Å². The second-order valence-corrected chi connectivity index (χ2v) is 2.64. The Morgan fingerprint density at radius 2 is 2.58 bits per heavy atom. The predicted molar refractivity (Wildman–Crippen MR) is 47.1 cm³/mol. The van der Waals surface area contributed by atoms with Gasteiger partial charge < -0.3 is 15.5 Å². The zero-order valence-corrected chi connectivity index (χ0v) is 6.67. The standard InChI is InChI=1S/C8H10N4/c1-2-3-12-6-11-8-7(12)4-9-5-10-8/h1,4,10-11H,3,5-6H2. The summed E-state index contributed by atoms with van der Waals surface area (Å²) in [6.45, 7) is 2.04. The molecule has 2 rings (SSSR count). The van der Waals surface area contributed by atoms with E-state index in [9.17, 15) is 0 Å². The second-order valence-electron chi connectivity index (χ2n) is 2.64. The molecule has 2 aliphatic heterocycles. The van der Waals surface area contributed by atoms with Gasteiger partial charge in [-0.05, 0) is 0 Å². The summed E-state index contributed by atoms with van der Waals surface area (Å²) < 4.78 is 0. The predicted octanol–water partition coefficient (Wildman–Crippen LogP) is -0.717. The Kier molecular flexibility index (Phi) is 1.63. The Labute approximate surface area is 71.3 Å². The molecule has 0 saturated carbocycles. The lowest BCUT2D eigenvalue weighted by Crippen LogP contribution is -2.25. The van der Waals surface area contributed by atoms with E-state index < -0.39 is 0 Å². The molecule has 0 aromatic carbocycles. The zero-order chi connectivity index (χ0) is 8.39. The van der Waals surface area contributed by atoms with Crippen molar-refractivity contribution in [3.05, 3.63) is 11.5 Å². The number of nitrogens with one attached hydrogen (secondary N) is 2. The van der Waals surface area contributed by atoms with Crippen LogP contribution >= 0.6 is 0 Å². The summed E-state index contributed by atoms with van der Waals surface area (Å²) in [7, 11) is 0. The monoisotopic (exact) mass is 162 g/mol. The Hall–Kier alpha value is -1.63. The minimum Gasteiger partial charge on any atom is -0.353 e. The summed E-state index contributed by atoms with van der Waals surface area (Å²) in [4.78, 5) is 6.17. The molecule has 2 heterocycles. The van der Waals surface area contributed by atoms with Crippen molar-refractivity contribution >= 4 is 6.21 Å². The van der Waals surface area contributed by atoms with Crippen LogP contribution in [-0.2, 0) is 0 Å². The summed E-state index contributed by atoms with van der Waals surface area (Å²) in [6, 6.07) is 0. The fraction of sp³-hybridized carbons (Fsp3) is 0.375. The molecule has 2 N–H and O–H groups in total. The van der Waals surface area contributed by atoms with Crippen LogP contribution in [-0.4, -0.2) is 31.0 Å². The summed E-state index contributed by atoms with van der Waals surface area (Å²) >= 11 is 0. The van der Waals surface area contributed by atoms with Crippen LogP contribution in [0.3, 0.4) is 0 Å². The number of rotatable bonds is 1. The van der Waals surface area contributed by atoms with Crippen molar-refractivity contribution in [1.82, 2.24) is 15.5 Å². The van der Waals surface area contributed by atoms with Gasteiger partial charge in [0.2, 0.25) is 0 Å². The van der Waals surface area contributed by atoms with E-state index in [0.29, 0.717) is 13.2 Å². The van der Waals surface area contributed by atoms with Crippen LogP contribution in [0.5, 0.6) is 0 Å². The molecule has 0 fully saturated rings. The third-order valence-electron chi connectivity index (χ3n) is 1.89. The highest BCUT2D eigenvalue weighted by molar-refractivity contribution is 5.80. The lowest BCUT2D eigenvalue weighted by molar-refractivity contribution is 0.425. The van der Waals surface area contributed by atoms with Gasteiger partial charge in [0.05, 0.1) is 25.1 Å². The summed E-state index contributed by atoms with van der Waals surface area (Å²) in [6.07, 6.45) is 7.07. The van der Waals surface area contributed by atoms with Crippen LogP contribution in [0, 0.1) is 12.3 Å². The van der Waals surface area contributed by atoms with Gasteiger partial charge in [0.25, 0.3) is 0 Å². The Balaban J connectivity index is 2.17. The maximum Gasteiger partial charge on any atom is 0.127 e. The maximum atomic E-state index is 5.22. The minimum atomic E-state index is 0.625. The van der Waals surface area contributed by atoms with E-state index in [2.05, 4.69) is 26.4 Å². The highest BCUT2D eigenvalue weighted by Crippen LogP contribution is 2.12. The van der Waals surface area contributed by atoms with Crippen molar-refractivity contribution < 1.29 is 0 Å². The molecule has 4 heteroatoms. The molecule has 2 aliphatic rings. The van der Waals surface area contributed by atoms with Gasteiger partial charge >= 0.3 is 0 Å². The van der Waals surface area contributed by atoms with E-state index in [1.807, 2.05) is 6.21 Å². The van der Waals surface area contributed by atoms with Gasteiger partial charge in [-0.25, -0.2) is 0 Å². The van der Waals surface area contributed by atoms with Crippen molar-refractivity contribution in [3.63, 3.8) is 0 Å². The number of hydrogen-bond acceptors (Lipinski definition) is 4. The van der Waals surface area contributed by atoms with Crippen molar-refractivity contribution in [1.29, 1.82) is 0 Å². The maximum absolute atomic E-state index is 5.22. The summed E-state index contributed by atoms with van der Waals surface area (Å²) in [5.41, 5.74) is 1.07. The highest BCUT2D eigenvalue weighted by Gasteiger charge is 2.20. The second kappa shape index (κ2) is 2.78. The molecule has 0 saturated heterocycles. The van der Waals surface area contributed by atoms with Crippen LogP contribution in [0.2, 0.25) is 0 Å². The van der Waals surface area contributed by atoms with Crippen molar-refractivity contribution in [2.75, 3.05) is 19.9 Å². The number of nitrogens with zero attached hydrogens (tertiary/aromatic N) is 2. The van der Waals surface area contributed by atoms with Crippen LogP contribution < -0.4 is 10.6 Å². The molecule has 0 bridgehead atoms. The number of allylic oxidation sites excluding steroid dienone is 1. The normalized spacial score (nSPS) is 19.8. The highest BCUT2D eigenvalue weighted by atomic mass is 15.3. The van der Waals surface area contributed by atoms with Gasteiger partial charge in [0.1, 0.15) is 12.5 Å². The van der Waals surface area contributed by atoms with Gasteiger partial charge in [0, 0.05) is 0 Å². The van der Waals surface area contributed by atoms with Crippen LogP contribution in [0.25, 0.3) is 0 Å². The Bertz CT molecular complexity index is 284. The third-order valence-corrected chi connectivity index (χ3v) is 1.89. The Morgan fingerprint density at radius 3 is 3.42 bits per heavy atom. The van der Waals surface area contributed by atoms with E-state index in [-0.39, 0.29) is 0 Å². The first-order valence-corrected chi connectivity index (χ1v) is 3.82. The SMILES string of the molecule is C#CCN1CNC2=C1C=NCN2. The molecule has 0 aliphatic carbocycles. The van der Waals surface area contributed by atoms with Gasteiger partial charge in [-0.1, -0.05) is 5.92 Å². The van der Waals surface area contributed by atoms with Gasteiger partial charge in [-0.15, -0.1) is 6.42 Å². The van der Waals surface area contributed by atoms with E-state index in [4.69, 9.17) is 6.42 Å². The van der Waals surface area contributed by atoms with Crippen molar-refractivity contribution in [2.24, 2.45) is 4.99 Å². The molecule has 0 aromatic rings. The molecule has 0 spiro atoms. The lowest BCUT2D eigenvalue weighted by atomic mass is 10.4. The van der Waals surface area contributed by atoms with Crippen LogP contribution in [0.15, 0.2) is 16.5 Å². The molecule has 12 heavy (non-hydrogen) atoms. The number of aliphatic imine (C=N–C) groups is 1. The van der Waals surface area contributed by atoms with Crippen LogP contribution in [0.4, 0.5) is 0 Å². The van der Waals surface area contributed by atoms with E-state index >= 15 is 0 Å². The third kappa shape index (κ3) is 0.996. The molecule has 62 valence electrons. The van der Waals surface area contributed by atoms with Gasteiger partial charge in [-0.3, -0.25) is 4.99 Å². The summed E-state index contributed by atoms with van der Waals surface area (Å²) in [5.74, 6) is 3.65. The first-order valence-electron chi connectivity index (χ1n) is 3.82. The molecular formula is C8H10N4. The van der Waals surface area contributed by atoms with Crippen molar-refractivity contribution in [3.8, 4) is 12.3 Å². The smallest absolute Gasteiger partial charge is 0.127 e. The fourth-order valence-corrected chi connectivity index (χ4v) is 1.32. The fourth-order valence-electron chi connectivity index (χ4n) is 1.32. The summed E-state index contributed by atoms with van der Waals surface area (Å²) in [5, 5.41) is 6.33. The average Bonchev–Trinajstić information content (AvgIpc) is 2.50. The molecular weight excluding hydrogens is 152 g/mol. The Morgan fingerprint density at radius 1 is 1.67 bits per heavy atom. The molecule has 0 unspecified atom stereocenters. The molecule has 4 nitrogen and oxygen atoms in total. The first-order chi connectivity index (χ1) is 5.92. The van der Waals surface area contributed by atoms with E-state index in [1.54, 1.807) is 0 Å². The van der Waals surface area contributed by atoms with E-state index in [0.717, 1.165) is 18.2 Å². The molecule has 0 radical (unpaired) electrons. The molecule has 0 amide bonds. The molecule has 0 atom stereocenters. The first kappa shape index (κ1) is 7.04. The average molecular weight is 162 g/mol. The van der Waals surface area contributed by atoms with Gasteiger partial charge in [0.15, 0.2) is 0 Å². The lowest BCUT2D eigenvalue weighted by Gasteiger charge is -2.16. The van der Waals surface area contributed by atoms with E-state index in [1.165, 1.54) is 0 Å². The topological polar surface area (TPSA) is 39.7 Å².